The van der Waals surface area contributed by atoms with Gasteiger partial charge in [0.25, 0.3) is 5.91 Å². The number of amides is 2. The molecule has 1 aromatic carbocycles. The van der Waals surface area contributed by atoms with Crippen LogP contribution >= 0.6 is 23.6 Å². The van der Waals surface area contributed by atoms with Gasteiger partial charge in [-0.1, -0.05) is 12.1 Å². The second-order valence-electron chi connectivity index (χ2n) is 5.73. The predicted molar refractivity (Wildman–Crippen MR) is 110 cm³/mol. The third kappa shape index (κ3) is 5.05. The molecule has 146 valence electrons. The molecule has 0 saturated carbocycles. The normalized spacial score (nSPS) is 10.5. The molecule has 0 bridgehead atoms. The van der Waals surface area contributed by atoms with Crippen molar-refractivity contribution in [1.82, 2.24) is 20.1 Å². The number of H-pyrrole nitrogens is 1. The Labute approximate surface area is 170 Å². The van der Waals surface area contributed by atoms with Gasteiger partial charge in [-0.15, -0.1) is 11.3 Å². The van der Waals surface area contributed by atoms with Gasteiger partial charge in [0, 0.05) is 18.3 Å². The van der Waals surface area contributed by atoms with Crippen molar-refractivity contribution < 1.29 is 14.3 Å². The Morgan fingerprint density at radius 2 is 2.14 bits per heavy atom. The molecule has 0 aliphatic carbocycles. The average molecular weight is 418 g/mol. The van der Waals surface area contributed by atoms with Crippen LogP contribution in [-0.4, -0.2) is 39.7 Å². The largest absolute Gasteiger partial charge is 0.484 e. The highest BCUT2D eigenvalue weighted by molar-refractivity contribution is 7.71. The number of hydrogen-bond acceptors (Lipinski definition) is 6. The third-order valence-corrected chi connectivity index (χ3v) is 4.84. The maximum Gasteiger partial charge on any atom is 0.257 e. The maximum atomic E-state index is 12.5. The number of thiophene rings is 1. The first-order valence-corrected chi connectivity index (χ1v) is 9.84. The number of nitrogens with zero attached hydrogens (tertiary/aromatic N) is 2. The molecular weight excluding hydrogens is 398 g/mol. The van der Waals surface area contributed by atoms with E-state index in [1.807, 2.05) is 24.4 Å². The minimum atomic E-state index is -0.254. The van der Waals surface area contributed by atoms with Gasteiger partial charge in [-0.25, -0.2) is 0 Å². The topological polar surface area (TPSA) is 101 Å². The zero-order valence-corrected chi connectivity index (χ0v) is 16.7. The fraction of sp³-hybridized carbons (Fsp3) is 0.222. The summed E-state index contributed by atoms with van der Waals surface area (Å²) in [6.07, 6.45) is 0. The number of aromatic amines is 1. The van der Waals surface area contributed by atoms with Crippen LogP contribution < -0.4 is 15.4 Å². The minimum Gasteiger partial charge on any atom is -0.484 e. The van der Waals surface area contributed by atoms with E-state index in [1.165, 1.54) is 11.3 Å². The highest BCUT2D eigenvalue weighted by atomic mass is 32.1. The van der Waals surface area contributed by atoms with Crippen LogP contribution in [-0.2, 0) is 16.1 Å². The Morgan fingerprint density at radius 3 is 2.89 bits per heavy atom. The molecule has 2 amide bonds. The number of hydrogen-bond donors (Lipinski definition) is 3. The van der Waals surface area contributed by atoms with Crippen molar-refractivity contribution in [1.29, 1.82) is 0 Å². The van der Waals surface area contributed by atoms with Gasteiger partial charge in [0.1, 0.15) is 12.3 Å². The number of aromatic nitrogens is 3. The zero-order valence-electron chi connectivity index (χ0n) is 15.1. The molecule has 2 aromatic heterocycles. The van der Waals surface area contributed by atoms with Crippen molar-refractivity contribution in [3.05, 3.63) is 46.5 Å². The van der Waals surface area contributed by atoms with Gasteiger partial charge in [0.2, 0.25) is 5.91 Å². The van der Waals surface area contributed by atoms with Crippen LogP contribution in [0.1, 0.15) is 6.92 Å². The Balaban J connectivity index is 1.65. The number of benzene rings is 1. The Bertz CT molecular complexity index is 1010. The molecular formula is C18H19N5O3S2. The molecule has 0 aliphatic heterocycles. The Morgan fingerprint density at radius 1 is 1.29 bits per heavy atom. The van der Waals surface area contributed by atoms with E-state index in [0.717, 1.165) is 4.88 Å². The molecule has 2 heterocycles. The van der Waals surface area contributed by atoms with E-state index in [9.17, 15) is 9.59 Å². The fourth-order valence-electron chi connectivity index (χ4n) is 2.46. The van der Waals surface area contributed by atoms with E-state index >= 15 is 0 Å². The molecule has 0 aliphatic rings. The number of carbonyl (C=O) groups is 2. The summed E-state index contributed by atoms with van der Waals surface area (Å²) in [5.41, 5.74) is 0.561. The van der Waals surface area contributed by atoms with Crippen molar-refractivity contribution >= 4 is 41.1 Å². The summed E-state index contributed by atoms with van der Waals surface area (Å²) >= 11 is 6.76. The molecule has 3 aromatic rings. The maximum absolute atomic E-state index is 12.5. The highest BCUT2D eigenvalue weighted by Crippen LogP contribution is 2.23. The SMILES string of the molecule is CCNC(=O)COc1cccc(NC(=O)Cn2c(-c3cccs3)n[nH]c2=S)c1. The van der Waals surface area contributed by atoms with Crippen LogP contribution in [0.4, 0.5) is 5.69 Å². The lowest BCUT2D eigenvalue weighted by atomic mass is 10.3. The van der Waals surface area contributed by atoms with Crippen molar-refractivity contribution in [3.8, 4) is 16.5 Å². The Hall–Kier alpha value is -2.98. The number of ether oxygens (including phenoxy) is 1. The molecule has 0 spiro atoms. The van der Waals surface area contributed by atoms with Gasteiger partial charge in [-0.2, -0.15) is 5.10 Å². The lowest BCUT2D eigenvalue weighted by Crippen LogP contribution is -2.28. The number of anilines is 1. The van der Waals surface area contributed by atoms with Crippen LogP contribution in [0, 0.1) is 4.77 Å². The second-order valence-corrected chi connectivity index (χ2v) is 7.07. The van der Waals surface area contributed by atoms with Gasteiger partial charge in [0.15, 0.2) is 17.2 Å². The molecule has 0 saturated heterocycles. The summed E-state index contributed by atoms with van der Waals surface area (Å²) < 4.78 is 7.45. The molecule has 0 radical (unpaired) electrons. The first kappa shape index (κ1) is 19.8. The smallest absolute Gasteiger partial charge is 0.257 e. The molecule has 0 fully saturated rings. The van der Waals surface area contributed by atoms with Crippen molar-refractivity contribution in [3.63, 3.8) is 0 Å². The van der Waals surface area contributed by atoms with Gasteiger partial charge in [0.05, 0.1) is 4.88 Å². The quantitative estimate of drug-likeness (QED) is 0.489. The number of rotatable bonds is 8. The minimum absolute atomic E-state index is 0.0204. The number of nitrogens with one attached hydrogen (secondary N) is 3. The molecule has 8 nitrogen and oxygen atoms in total. The zero-order chi connectivity index (χ0) is 19.9. The predicted octanol–water partition coefficient (Wildman–Crippen LogP) is 2.82. The molecule has 10 heteroatoms. The van der Waals surface area contributed by atoms with E-state index in [1.54, 1.807) is 28.8 Å². The van der Waals surface area contributed by atoms with Crippen LogP contribution in [0.3, 0.4) is 0 Å². The first-order valence-electron chi connectivity index (χ1n) is 8.55. The summed E-state index contributed by atoms with van der Waals surface area (Å²) in [6.45, 7) is 2.32. The van der Waals surface area contributed by atoms with E-state index < -0.39 is 0 Å². The summed E-state index contributed by atoms with van der Waals surface area (Å²) in [4.78, 5) is 24.9. The molecule has 28 heavy (non-hydrogen) atoms. The van der Waals surface area contributed by atoms with Crippen LogP contribution in [0.5, 0.6) is 5.75 Å². The molecule has 3 rings (SSSR count). The lowest BCUT2D eigenvalue weighted by Gasteiger charge is -2.10. The number of likely N-dealkylation sites (N-methyl/N-ethyl adjacent to an activating group) is 1. The summed E-state index contributed by atoms with van der Waals surface area (Å²) in [7, 11) is 0. The summed E-state index contributed by atoms with van der Waals surface area (Å²) in [6, 6.07) is 10.7. The third-order valence-electron chi connectivity index (χ3n) is 3.66. The summed E-state index contributed by atoms with van der Waals surface area (Å²) in [5.74, 6) is 0.654. The van der Waals surface area contributed by atoms with E-state index in [-0.39, 0.29) is 25.0 Å². The van der Waals surface area contributed by atoms with Gasteiger partial charge in [-0.3, -0.25) is 19.3 Å². The molecule has 0 unspecified atom stereocenters. The monoisotopic (exact) mass is 417 g/mol. The van der Waals surface area contributed by atoms with Gasteiger partial charge >= 0.3 is 0 Å². The average Bonchev–Trinajstić information content (AvgIpc) is 3.31. The van der Waals surface area contributed by atoms with E-state index in [2.05, 4.69) is 20.8 Å². The lowest BCUT2D eigenvalue weighted by molar-refractivity contribution is -0.123. The van der Waals surface area contributed by atoms with Gasteiger partial charge in [-0.05, 0) is 42.7 Å². The number of carbonyl (C=O) groups excluding carboxylic acids is 2. The standard InChI is InChI=1S/C18H19N5O3S2/c1-2-19-16(25)11-26-13-6-3-5-12(9-13)20-15(24)10-23-17(21-22-18(23)27)14-7-4-8-28-14/h3-9H,2,10-11H2,1H3,(H,19,25)(H,20,24)(H,22,27). The first-order chi connectivity index (χ1) is 13.6. The second kappa shape index (κ2) is 9.29. The van der Waals surface area contributed by atoms with Gasteiger partial charge < -0.3 is 15.4 Å². The molecule has 3 N–H and O–H groups in total. The summed E-state index contributed by atoms with van der Waals surface area (Å²) in [5, 5.41) is 14.3. The van der Waals surface area contributed by atoms with Crippen LogP contribution in [0.25, 0.3) is 10.7 Å². The van der Waals surface area contributed by atoms with Crippen molar-refractivity contribution in [2.75, 3.05) is 18.5 Å². The highest BCUT2D eigenvalue weighted by Gasteiger charge is 2.13. The Kier molecular flexibility index (Phi) is 6.56. The molecule has 0 atom stereocenters. The van der Waals surface area contributed by atoms with Crippen molar-refractivity contribution in [2.24, 2.45) is 0 Å². The fourth-order valence-corrected chi connectivity index (χ4v) is 3.38. The van der Waals surface area contributed by atoms with E-state index in [0.29, 0.717) is 28.6 Å². The van der Waals surface area contributed by atoms with E-state index in [4.69, 9.17) is 17.0 Å². The van der Waals surface area contributed by atoms with Crippen LogP contribution in [0.15, 0.2) is 41.8 Å². The van der Waals surface area contributed by atoms with Crippen molar-refractivity contribution in [2.45, 2.75) is 13.5 Å². The van der Waals surface area contributed by atoms with Crippen LogP contribution in [0.2, 0.25) is 0 Å².